The molecule has 2 aromatic carbocycles. The molecule has 0 atom stereocenters. The predicted molar refractivity (Wildman–Crippen MR) is 117 cm³/mol. The zero-order valence-corrected chi connectivity index (χ0v) is 18.5. The minimum absolute atomic E-state index is 0.174. The molecule has 0 aliphatic carbocycles. The van der Waals surface area contributed by atoms with Gasteiger partial charge in [-0.1, -0.05) is 22.9 Å². The Labute approximate surface area is 181 Å². The van der Waals surface area contributed by atoms with E-state index in [0.717, 1.165) is 4.47 Å². The molecule has 0 saturated heterocycles. The lowest BCUT2D eigenvalue weighted by atomic mass is 10.2. The molecule has 0 saturated carbocycles. The first kappa shape index (κ1) is 21.5. The van der Waals surface area contributed by atoms with E-state index >= 15 is 0 Å². The Morgan fingerprint density at radius 2 is 1.87 bits per heavy atom. The van der Waals surface area contributed by atoms with Crippen LogP contribution in [0.2, 0.25) is 0 Å². The molecule has 9 heteroatoms. The zero-order valence-electron chi connectivity index (χ0n) is 16.9. The molecule has 0 radical (unpaired) electrons. The number of carbonyl (C=O) groups is 1. The van der Waals surface area contributed by atoms with Crippen molar-refractivity contribution in [2.24, 2.45) is 5.10 Å². The number of hydrogen-bond acceptors (Lipinski definition) is 7. The summed E-state index contributed by atoms with van der Waals surface area (Å²) in [6.07, 6.45) is 2.02. The summed E-state index contributed by atoms with van der Waals surface area (Å²) in [5, 5.41) is 4.81. The van der Waals surface area contributed by atoms with Crippen LogP contribution in [0.1, 0.15) is 25.2 Å². The molecule has 0 N–H and O–H groups in total. The van der Waals surface area contributed by atoms with Crippen molar-refractivity contribution in [3.63, 3.8) is 0 Å². The molecule has 0 fully saturated rings. The number of rotatable bonds is 6. The number of halogens is 1. The number of methoxy groups -OCH3 is 2. The minimum Gasteiger partial charge on any atom is -0.493 e. The van der Waals surface area contributed by atoms with E-state index in [4.69, 9.17) is 14.2 Å². The minimum atomic E-state index is -0.499. The average molecular weight is 474 g/mol. The Balaban J connectivity index is 2.11. The second kappa shape index (κ2) is 9.08. The van der Waals surface area contributed by atoms with Gasteiger partial charge >= 0.3 is 5.97 Å². The smallest absolute Gasteiger partial charge is 0.308 e. The lowest BCUT2D eigenvalue weighted by Gasteiger charge is -2.13. The highest BCUT2D eigenvalue weighted by atomic mass is 79.9. The highest BCUT2D eigenvalue weighted by molar-refractivity contribution is 9.10. The number of aryl methyl sites for hydroxylation is 1. The summed E-state index contributed by atoms with van der Waals surface area (Å²) in [5.74, 6) is 0.805. The number of nitrogens with zero attached hydrogens (tertiary/aromatic N) is 3. The fourth-order valence-corrected chi connectivity index (χ4v) is 3.25. The highest BCUT2D eigenvalue weighted by Crippen LogP contribution is 2.38. The number of hydrogen-bond donors (Lipinski definition) is 0. The first-order chi connectivity index (χ1) is 14.4. The second-order valence-electron chi connectivity index (χ2n) is 6.25. The van der Waals surface area contributed by atoms with Crippen LogP contribution in [-0.2, 0) is 11.2 Å². The van der Waals surface area contributed by atoms with E-state index < -0.39 is 5.97 Å². The van der Waals surface area contributed by atoms with Gasteiger partial charge in [0.2, 0.25) is 5.75 Å². The molecule has 0 aliphatic rings. The molecule has 0 unspecified atom stereocenters. The SMILES string of the molecule is CCc1nc2ccc(Br)cc2c(=O)n1N=Cc1cc(OC)c(OC(C)=O)c(OC)c1. The third-order valence-electron chi connectivity index (χ3n) is 4.24. The van der Waals surface area contributed by atoms with Gasteiger partial charge in [0.05, 0.1) is 31.3 Å². The van der Waals surface area contributed by atoms with Crippen molar-refractivity contribution in [3.8, 4) is 17.2 Å². The highest BCUT2D eigenvalue weighted by Gasteiger charge is 2.16. The van der Waals surface area contributed by atoms with E-state index in [-0.39, 0.29) is 11.3 Å². The largest absolute Gasteiger partial charge is 0.493 e. The van der Waals surface area contributed by atoms with Crippen molar-refractivity contribution in [3.05, 3.63) is 56.5 Å². The van der Waals surface area contributed by atoms with E-state index in [1.807, 2.05) is 13.0 Å². The molecule has 1 aromatic heterocycles. The van der Waals surface area contributed by atoms with Gasteiger partial charge in [-0.05, 0) is 30.3 Å². The summed E-state index contributed by atoms with van der Waals surface area (Å²) in [7, 11) is 2.90. The molecule has 0 amide bonds. The van der Waals surface area contributed by atoms with Gasteiger partial charge in [0.15, 0.2) is 11.5 Å². The molecule has 8 nitrogen and oxygen atoms in total. The number of carbonyl (C=O) groups excluding carboxylic acids is 1. The van der Waals surface area contributed by atoms with Gasteiger partial charge in [0, 0.05) is 23.4 Å². The molecule has 0 spiro atoms. The van der Waals surface area contributed by atoms with Gasteiger partial charge in [-0.3, -0.25) is 9.59 Å². The van der Waals surface area contributed by atoms with Gasteiger partial charge < -0.3 is 14.2 Å². The Kier molecular flexibility index (Phi) is 6.51. The lowest BCUT2D eigenvalue weighted by molar-refractivity contribution is -0.132. The molecule has 1 heterocycles. The van der Waals surface area contributed by atoms with E-state index in [0.29, 0.717) is 40.2 Å². The molecule has 3 rings (SSSR count). The molecule has 3 aromatic rings. The molecular formula is C21H20BrN3O5. The fourth-order valence-electron chi connectivity index (χ4n) is 2.89. The van der Waals surface area contributed by atoms with Crippen molar-refractivity contribution in [2.45, 2.75) is 20.3 Å². The Bertz CT molecular complexity index is 1180. The molecule has 0 aliphatic heterocycles. The zero-order chi connectivity index (χ0) is 21.8. The van der Waals surface area contributed by atoms with Crippen LogP contribution >= 0.6 is 15.9 Å². The van der Waals surface area contributed by atoms with Gasteiger partial charge in [-0.2, -0.15) is 9.78 Å². The molecule has 156 valence electrons. The first-order valence-corrected chi connectivity index (χ1v) is 9.87. The van der Waals surface area contributed by atoms with Crippen molar-refractivity contribution in [2.75, 3.05) is 14.2 Å². The normalized spacial score (nSPS) is 11.1. The van der Waals surface area contributed by atoms with Crippen LogP contribution in [0.25, 0.3) is 10.9 Å². The summed E-state index contributed by atoms with van der Waals surface area (Å²) >= 11 is 3.38. The van der Waals surface area contributed by atoms with Crippen LogP contribution in [0.4, 0.5) is 0 Å². The van der Waals surface area contributed by atoms with E-state index in [9.17, 15) is 9.59 Å². The fraction of sp³-hybridized carbons (Fsp3) is 0.238. The Morgan fingerprint density at radius 1 is 1.20 bits per heavy atom. The monoisotopic (exact) mass is 473 g/mol. The van der Waals surface area contributed by atoms with Crippen LogP contribution in [0.5, 0.6) is 17.2 Å². The summed E-state index contributed by atoms with van der Waals surface area (Å²) in [4.78, 5) is 28.9. The third kappa shape index (κ3) is 4.35. The number of esters is 1. The molecule has 30 heavy (non-hydrogen) atoms. The van der Waals surface area contributed by atoms with Gasteiger partial charge in [-0.15, -0.1) is 0 Å². The first-order valence-electron chi connectivity index (χ1n) is 9.07. The van der Waals surface area contributed by atoms with Crippen LogP contribution in [0.15, 0.2) is 44.7 Å². The van der Waals surface area contributed by atoms with Crippen LogP contribution in [0, 0.1) is 0 Å². The predicted octanol–water partition coefficient (Wildman–Crippen LogP) is 3.55. The summed E-state index contributed by atoms with van der Waals surface area (Å²) in [5.41, 5.74) is 0.924. The van der Waals surface area contributed by atoms with E-state index in [1.54, 1.807) is 24.3 Å². The number of benzene rings is 2. The van der Waals surface area contributed by atoms with Gasteiger partial charge in [0.25, 0.3) is 5.56 Å². The van der Waals surface area contributed by atoms with Gasteiger partial charge in [-0.25, -0.2) is 4.98 Å². The number of ether oxygens (including phenoxy) is 3. The standard InChI is InChI=1S/C21H20BrN3O5/c1-5-19-24-16-7-6-14(22)10-15(16)21(27)25(19)23-11-13-8-17(28-3)20(30-12(2)26)18(9-13)29-4/h6-11H,5H2,1-4H3. The summed E-state index contributed by atoms with van der Waals surface area (Å²) in [6, 6.07) is 8.61. The lowest BCUT2D eigenvalue weighted by Crippen LogP contribution is -2.22. The van der Waals surface area contributed by atoms with E-state index in [1.165, 1.54) is 32.0 Å². The van der Waals surface area contributed by atoms with Crippen LogP contribution in [0.3, 0.4) is 0 Å². The summed E-state index contributed by atoms with van der Waals surface area (Å²) < 4.78 is 17.9. The van der Waals surface area contributed by atoms with Crippen LogP contribution < -0.4 is 19.8 Å². The third-order valence-corrected chi connectivity index (χ3v) is 4.74. The maximum absolute atomic E-state index is 13.0. The van der Waals surface area contributed by atoms with Crippen molar-refractivity contribution in [1.82, 2.24) is 9.66 Å². The summed E-state index contributed by atoms with van der Waals surface area (Å²) in [6.45, 7) is 3.19. The Morgan fingerprint density at radius 3 is 2.43 bits per heavy atom. The second-order valence-corrected chi connectivity index (χ2v) is 7.17. The van der Waals surface area contributed by atoms with Crippen LogP contribution in [-0.4, -0.2) is 36.1 Å². The maximum Gasteiger partial charge on any atom is 0.308 e. The van der Waals surface area contributed by atoms with Crippen molar-refractivity contribution in [1.29, 1.82) is 0 Å². The van der Waals surface area contributed by atoms with Crippen molar-refractivity contribution < 1.29 is 19.0 Å². The number of fused-ring (bicyclic) bond motifs is 1. The number of aromatic nitrogens is 2. The van der Waals surface area contributed by atoms with Crippen molar-refractivity contribution >= 4 is 39.0 Å². The quantitative estimate of drug-likeness (QED) is 0.308. The topological polar surface area (TPSA) is 92.0 Å². The molecule has 0 bridgehead atoms. The van der Waals surface area contributed by atoms with E-state index in [2.05, 4.69) is 26.0 Å². The maximum atomic E-state index is 13.0. The average Bonchev–Trinajstić information content (AvgIpc) is 2.73. The molecular weight excluding hydrogens is 454 g/mol. The Hall–Kier alpha value is -3.20. The van der Waals surface area contributed by atoms with Gasteiger partial charge in [0.1, 0.15) is 5.82 Å².